The maximum atomic E-state index is 12.8. The lowest BCUT2D eigenvalue weighted by Crippen LogP contribution is -2.04. The first-order chi connectivity index (χ1) is 10.8. The summed E-state index contributed by atoms with van der Waals surface area (Å²) in [5, 5.41) is 25.5. The molecule has 3 rings (SSSR count). The topological polar surface area (TPSA) is 69.1 Å². The molecule has 7 heteroatoms. The summed E-state index contributed by atoms with van der Waals surface area (Å²) in [5.41, 5.74) is 0.983. The number of phenolic OH excluding ortho intramolecular Hbond substituents is 2. The Kier molecular flexibility index (Phi) is 3.48. The highest BCUT2D eigenvalue weighted by molar-refractivity contribution is 5.70. The van der Waals surface area contributed by atoms with E-state index >= 15 is 0 Å². The molecule has 0 aliphatic heterocycles. The maximum absolute atomic E-state index is 12.8. The van der Waals surface area contributed by atoms with Crippen molar-refractivity contribution in [2.75, 3.05) is 0 Å². The van der Waals surface area contributed by atoms with Gasteiger partial charge in [0.2, 0.25) is 0 Å². The minimum Gasteiger partial charge on any atom is -0.504 e. The zero-order valence-corrected chi connectivity index (χ0v) is 11.6. The van der Waals surface area contributed by atoms with Crippen LogP contribution in [0.3, 0.4) is 0 Å². The van der Waals surface area contributed by atoms with Crippen molar-refractivity contribution < 1.29 is 23.4 Å². The lowest BCUT2D eigenvalue weighted by molar-refractivity contribution is -0.137. The van der Waals surface area contributed by atoms with Gasteiger partial charge in [-0.2, -0.15) is 18.3 Å². The molecule has 0 fully saturated rings. The summed E-state index contributed by atoms with van der Waals surface area (Å²) in [6, 6.07) is 10.6. The molecule has 0 atom stereocenters. The van der Waals surface area contributed by atoms with Gasteiger partial charge in [-0.1, -0.05) is 12.1 Å². The van der Waals surface area contributed by atoms with Gasteiger partial charge in [-0.25, -0.2) is 0 Å². The molecule has 0 radical (unpaired) electrons. The number of hydrogen-bond acceptors (Lipinski definition) is 3. The Hall–Kier alpha value is -2.96. The van der Waals surface area contributed by atoms with E-state index in [4.69, 9.17) is 0 Å². The van der Waals surface area contributed by atoms with Crippen molar-refractivity contribution in [3.63, 3.8) is 0 Å². The van der Waals surface area contributed by atoms with E-state index in [9.17, 15) is 23.4 Å². The third-order valence-electron chi connectivity index (χ3n) is 3.35. The van der Waals surface area contributed by atoms with Crippen LogP contribution in [0.1, 0.15) is 5.56 Å². The maximum Gasteiger partial charge on any atom is 0.416 e. The van der Waals surface area contributed by atoms with Gasteiger partial charge in [0.05, 0.1) is 17.0 Å². The molecule has 0 spiro atoms. The number of nitrogens with one attached hydrogen (secondary N) is 1. The Morgan fingerprint density at radius 1 is 0.870 bits per heavy atom. The fraction of sp³-hybridized carbons (Fsp3) is 0.0625. The van der Waals surface area contributed by atoms with E-state index < -0.39 is 11.7 Å². The highest BCUT2D eigenvalue weighted by atomic mass is 19.4. The first-order valence-electron chi connectivity index (χ1n) is 6.60. The van der Waals surface area contributed by atoms with Gasteiger partial charge in [0.25, 0.3) is 0 Å². The number of H-pyrrole nitrogens is 1. The van der Waals surface area contributed by atoms with Gasteiger partial charge < -0.3 is 10.2 Å². The number of aromatic hydroxyl groups is 2. The average Bonchev–Trinajstić information content (AvgIpc) is 2.99. The van der Waals surface area contributed by atoms with Gasteiger partial charge in [-0.05, 0) is 36.4 Å². The summed E-state index contributed by atoms with van der Waals surface area (Å²) < 4.78 is 38.3. The van der Waals surface area contributed by atoms with E-state index in [1.165, 1.54) is 18.2 Å². The van der Waals surface area contributed by atoms with Crippen LogP contribution in [0.5, 0.6) is 11.5 Å². The predicted octanol–water partition coefficient (Wildman–Crippen LogP) is 4.17. The van der Waals surface area contributed by atoms with Crippen LogP contribution in [-0.4, -0.2) is 20.4 Å². The summed E-state index contributed by atoms with van der Waals surface area (Å²) in [6.45, 7) is 0. The first-order valence-corrected chi connectivity index (χ1v) is 6.60. The number of aromatic nitrogens is 2. The predicted molar refractivity (Wildman–Crippen MR) is 77.8 cm³/mol. The number of halogens is 3. The minimum atomic E-state index is -4.42. The second-order valence-corrected chi connectivity index (χ2v) is 4.95. The van der Waals surface area contributed by atoms with Gasteiger partial charge in [0.15, 0.2) is 11.5 Å². The Morgan fingerprint density at radius 3 is 2.35 bits per heavy atom. The quantitative estimate of drug-likeness (QED) is 0.621. The highest BCUT2D eigenvalue weighted by Gasteiger charge is 2.30. The molecule has 1 aromatic heterocycles. The van der Waals surface area contributed by atoms with E-state index in [1.54, 1.807) is 18.2 Å². The number of benzene rings is 2. The fourth-order valence-corrected chi connectivity index (χ4v) is 2.16. The lowest BCUT2D eigenvalue weighted by atomic mass is 10.1. The van der Waals surface area contributed by atoms with E-state index in [1.807, 2.05) is 0 Å². The molecule has 2 aromatic carbocycles. The van der Waals surface area contributed by atoms with E-state index in [-0.39, 0.29) is 11.5 Å². The summed E-state index contributed by atoms with van der Waals surface area (Å²) >= 11 is 0. The van der Waals surface area contributed by atoms with Crippen molar-refractivity contribution in [1.29, 1.82) is 0 Å². The van der Waals surface area contributed by atoms with Gasteiger partial charge in [0, 0.05) is 11.1 Å². The van der Waals surface area contributed by atoms with Gasteiger partial charge >= 0.3 is 6.18 Å². The van der Waals surface area contributed by atoms with Gasteiger partial charge in [-0.15, -0.1) is 0 Å². The highest BCUT2D eigenvalue weighted by Crippen LogP contribution is 2.34. The molecule has 0 saturated heterocycles. The molecule has 3 aromatic rings. The smallest absolute Gasteiger partial charge is 0.416 e. The Labute approximate surface area is 128 Å². The number of aromatic amines is 1. The zero-order valence-electron chi connectivity index (χ0n) is 11.6. The largest absolute Gasteiger partial charge is 0.504 e. The summed E-state index contributed by atoms with van der Waals surface area (Å²) in [6.07, 6.45) is -4.42. The first kappa shape index (κ1) is 15.0. The molecule has 118 valence electrons. The van der Waals surface area contributed by atoms with Crippen LogP contribution in [0.15, 0.2) is 48.5 Å². The molecule has 0 aliphatic rings. The van der Waals surface area contributed by atoms with Crippen molar-refractivity contribution in [2.24, 2.45) is 0 Å². The third-order valence-corrected chi connectivity index (χ3v) is 3.35. The second kappa shape index (κ2) is 5.35. The lowest BCUT2D eigenvalue weighted by Gasteiger charge is -2.07. The molecule has 0 bridgehead atoms. The molecule has 0 aliphatic carbocycles. The molecule has 4 nitrogen and oxygen atoms in total. The molecule has 0 unspecified atom stereocenters. The second-order valence-electron chi connectivity index (χ2n) is 4.95. The monoisotopic (exact) mass is 320 g/mol. The van der Waals surface area contributed by atoms with Crippen molar-refractivity contribution >= 4 is 0 Å². The van der Waals surface area contributed by atoms with Crippen LogP contribution in [0.25, 0.3) is 22.5 Å². The normalized spacial score (nSPS) is 11.6. The number of phenols is 2. The zero-order chi connectivity index (χ0) is 16.6. The summed E-state index contributed by atoms with van der Waals surface area (Å²) in [7, 11) is 0. The summed E-state index contributed by atoms with van der Waals surface area (Å²) in [4.78, 5) is 0. The molecular weight excluding hydrogens is 309 g/mol. The van der Waals surface area contributed by atoms with Crippen LogP contribution < -0.4 is 0 Å². The van der Waals surface area contributed by atoms with Gasteiger partial charge in [-0.3, -0.25) is 5.10 Å². The molecule has 23 heavy (non-hydrogen) atoms. The molecule has 1 heterocycles. The Bertz CT molecular complexity index is 857. The SMILES string of the molecule is Oc1ccc(-c2cc(-c3cccc(C(F)(F)F)c3)[nH]n2)cc1O. The van der Waals surface area contributed by atoms with Crippen LogP contribution in [0.4, 0.5) is 13.2 Å². The third kappa shape index (κ3) is 2.98. The van der Waals surface area contributed by atoms with Crippen LogP contribution in [0.2, 0.25) is 0 Å². The number of rotatable bonds is 2. The Morgan fingerprint density at radius 2 is 1.65 bits per heavy atom. The summed E-state index contributed by atoms with van der Waals surface area (Å²) in [5.74, 6) is -0.562. The van der Waals surface area contributed by atoms with Crippen LogP contribution in [0, 0.1) is 0 Å². The van der Waals surface area contributed by atoms with Crippen LogP contribution in [-0.2, 0) is 6.18 Å². The minimum absolute atomic E-state index is 0.262. The van der Waals surface area contributed by atoms with Crippen LogP contribution >= 0.6 is 0 Å². The molecule has 0 amide bonds. The number of alkyl halides is 3. The average molecular weight is 320 g/mol. The van der Waals surface area contributed by atoms with Crippen molar-refractivity contribution in [2.45, 2.75) is 6.18 Å². The van der Waals surface area contributed by atoms with Crippen molar-refractivity contribution in [1.82, 2.24) is 10.2 Å². The fourth-order valence-electron chi connectivity index (χ4n) is 2.16. The van der Waals surface area contributed by atoms with E-state index in [0.717, 1.165) is 12.1 Å². The van der Waals surface area contributed by atoms with E-state index in [2.05, 4.69) is 10.2 Å². The molecule has 0 saturated carbocycles. The molecule has 3 N–H and O–H groups in total. The van der Waals surface area contributed by atoms with Gasteiger partial charge in [0.1, 0.15) is 0 Å². The number of nitrogens with zero attached hydrogens (tertiary/aromatic N) is 1. The Balaban J connectivity index is 1.97. The standard InChI is InChI=1S/C16H11F3N2O2/c17-16(18,19)11-3-1-2-9(6-11)12-8-13(21-20-12)10-4-5-14(22)15(23)7-10/h1-8,22-23H,(H,20,21). The van der Waals surface area contributed by atoms with E-state index in [0.29, 0.717) is 22.5 Å². The van der Waals surface area contributed by atoms with Crippen molar-refractivity contribution in [3.8, 4) is 34.0 Å². The van der Waals surface area contributed by atoms with Crippen molar-refractivity contribution in [3.05, 3.63) is 54.1 Å². The molecular formula is C16H11F3N2O2. The number of hydrogen-bond donors (Lipinski definition) is 3.